The molecule has 0 aromatic heterocycles. The van der Waals surface area contributed by atoms with Gasteiger partial charge < -0.3 is 34.3 Å². The van der Waals surface area contributed by atoms with Gasteiger partial charge >= 0.3 is 23.9 Å². The van der Waals surface area contributed by atoms with Crippen LogP contribution in [-0.4, -0.2) is 74.5 Å². The van der Waals surface area contributed by atoms with Crippen LogP contribution in [0.5, 0.6) is 0 Å². The summed E-state index contributed by atoms with van der Waals surface area (Å²) in [7, 11) is 0. The summed E-state index contributed by atoms with van der Waals surface area (Å²) in [6.07, 6.45) is -2.42. The molecule has 3 fully saturated rings. The van der Waals surface area contributed by atoms with Crippen LogP contribution >= 0.6 is 0 Å². The Balaban J connectivity index is 2.06. The van der Waals surface area contributed by atoms with Gasteiger partial charge in [0.2, 0.25) is 5.79 Å². The topological polar surface area (TPSA) is 166 Å². The van der Waals surface area contributed by atoms with Crippen molar-refractivity contribution >= 4 is 23.9 Å². The maximum Gasteiger partial charge on any atom is 0.333 e. The minimum absolute atomic E-state index is 0.127. The van der Waals surface area contributed by atoms with Crippen molar-refractivity contribution in [3.63, 3.8) is 0 Å². The van der Waals surface area contributed by atoms with E-state index in [0.717, 1.165) is 19.9 Å². The van der Waals surface area contributed by atoms with E-state index in [1.165, 1.54) is 13.8 Å². The largest absolute Gasteiger partial charge is 0.462 e. The Morgan fingerprint density at radius 1 is 0.946 bits per heavy atom. The second-order valence-electron chi connectivity index (χ2n) is 11.9. The molecule has 0 aromatic carbocycles. The predicted octanol–water partition coefficient (Wildman–Crippen LogP) is 0.911. The summed E-state index contributed by atoms with van der Waals surface area (Å²) in [5.41, 5.74) is -6.59. The van der Waals surface area contributed by atoms with E-state index in [1.807, 2.05) is 0 Å². The van der Waals surface area contributed by atoms with Gasteiger partial charge in [-0.1, -0.05) is 20.8 Å². The Morgan fingerprint density at radius 3 is 2.05 bits per heavy atom. The van der Waals surface area contributed by atoms with Crippen molar-refractivity contribution in [2.75, 3.05) is 0 Å². The van der Waals surface area contributed by atoms with E-state index >= 15 is 0 Å². The molecule has 37 heavy (non-hydrogen) atoms. The van der Waals surface area contributed by atoms with Gasteiger partial charge in [-0.15, -0.1) is 0 Å². The van der Waals surface area contributed by atoms with Crippen molar-refractivity contribution in [1.29, 1.82) is 0 Å². The Bertz CT molecular complexity index is 1080. The van der Waals surface area contributed by atoms with Crippen LogP contribution in [0.25, 0.3) is 0 Å². The summed E-state index contributed by atoms with van der Waals surface area (Å²) in [6, 6.07) is 0. The lowest BCUT2D eigenvalue weighted by Gasteiger charge is -2.71. The lowest BCUT2D eigenvalue weighted by molar-refractivity contribution is -0.361. The highest BCUT2D eigenvalue weighted by Crippen LogP contribution is 2.70. The van der Waals surface area contributed by atoms with Crippen molar-refractivity contribution in [2.45, 2.75) is 103 Å². The normalized spacial score (nSPS) is 45.8. The van der Waals surface area contributed by atoms with Gasteiger partial charge in [0.1, 0.15) is 17.8 Å². The highest BCUT2D eigenvalue weighted by Gasteiger charge is 2.80. The Morgan fingerprint density at radius 2 is 1.51 bits per heavy atom. The van der Waals surface area contributed by atoms with Crippen molar-refractivity contribution in [1.82, 2.24) is 0 Å². The third kappa shape index (κ3) is 3.64. The molecule has 3 N–H and O–H groups in total. The molecule has 206 valence electrons. The van der Waals surface area contributed by atoms with E-state index in [-0.39, 0.29) is 12.0 Å². The Kier molecular flexibility index (Phi) is 6.14. The summed E-state index contributed by atoms with van der Waals surface area (Å²) in [6.45, 7) is 10.1. The van der Waals surface area contributed by atoms with Gasteiger partial charge in [-0.2, -0.15) is 0 Å². The first-order valence-electron chi connectivity index (χ1n) is 12.5. The zero-order valence-corrected chi connectivity index (χ0v) is 22.2. The third-order valence-corrected chi connectivity index (χ3v) is 9.37. The molecule has 0 bridgehead atoms. The van der Waals surface area contributed by atoms with E-state index in [0.29, 0.717) is 12.8 Å². The Hall–Kier alpha value is -2.50. The monoisotopic (exact) mass is 524 g/mol. The first-order chi connectivity index (χ1) is 16.8. The molecule has 1 aliphatic heterocycles. The second kappa shape index (κ2) is 8.25. The molecule has 0 radical (unpaired) electrons. The third-order valence-electron chi connectivity index (χ3n) is 9.37. The summed E-state index contributed by atoms with van der Waals surface area (Å²) < 4.78 is 22.4. The van der Waals surface area contributed by atoms with Crippen LogP contribution in [0.2, 0.25) is 0 Å². The Labute approximate surface area is 215 Å². The molecule has 0 aromatic rings. The van der Waals surface area contributed by atoms with Crippen LogP contribution in [0.1, 0.15) is 67.7 Å². The standard InChI is InChI=1S/C26H36O11/c1-12(27)34-17-8-9-22(4,5)26(33)21(36-14(3)29)20(35-13(2)28)19-15(23(17,26)6)11-25(32)16(24(19,7)31)10-18(30)37-25/h10,15,17,19-21,31-33H,8-9,11H2,1-7H3/t15-,17?,19-,20?,21?,23-,24+,25+,26+/m0/s1. The van der Waals surface area contributed by atoms with Gasteiger partial charge in [0.25, 0.3) is 0 Å². The first-order valence-corrected chi connectivity index (χ1v) is 12.5. The smallest absolute Gasteiger partial charge is 0.333 e. The molecule has 9 atom stereocenters. The summed E-state index contributed by atoms with van der Waals surface area (Å²) in [5, 5.41) is 36.2. The number of fused-ring (bicyclic) bond motifs is 4. The molecule has 11 nitrogen and oxygen atoms in total. The molecule has 0 spiro atoms. The highest BCUT2D eigenvalue weighted by atomic mass is 16.7. The summed E-state index contributed by atoms with van der Waals surface area (Å²) >= 11 is 0. The quantitative estimate of drug-likeness (QED) is 0.355. The molecule has 3 saturated carbocycles. The molecule has 0 saturated heterocycles. The molecule has 1 heterocycles. The zero-order valence-electron chi connectivity index (χ0n) is 22.2. The molecule has 4 aliphatic rings. The number of ether oxygens (including phenoxy) is 4. The number of rotatable bonds is 3. The second-order valence-corrected chi connectivity index (χ2v) is 11.9. The SMILES string of the molecule is CC(=O)OC1C(OC(C)=O)[C@@]2(O)C(C)(C)CCC(OC(C)=O)[C@]2(C)[C@H]2C[C@@]3(O)OC(=O)C=C3[C@@](C)(O)[C@H]12. The number of carbonyl (C=O) groups excluding carboxylic acids is 4. The number of carbonyl (C=O) groups is 4. The van der Waals surface area contributed by atoms with Gasteiger partial charge in [-0.25, -0.2) is 4.79 Å². The molecular formula is C26H36O11. The van der Waals surface area contributed by atoms with Crippen LogP contribution in [-0.2, 0) is 38.1 Å². The highest BCUT2D eigenvalue weighted by molar-refractivity contribution is 5.87. The van der Waals surface area contributed by atoms with Gasteiger partial charge in [0.15, 0.2) is 6.10 Å². The van der Waals surface area contributed by atoms with Crippen LogP contribution in [0.15, 0.2) is 11.6 Å². The number of aliphatic hydroxyl groups is 3. The fraction of sp³-hybridized carbons (Fsp3) is 0.769. The number of hydrogen-bond acceptors (Lipinski definition) is 11. The maximum absolute atomic E-state index is 12.8. The number of hydrogen-bond donors (Lipinski definition) is 3. The maximum atomic E-state index is 12.8. The molecule has 3 aliphatic carbocycles. The van der Waals surface area contributed by atoms with Gasteiger partial charge in [-0.05, 0) is 31.1 Å². The average Bonchev–Trinajstić information content (AvgIpc) is 3.05. The first kappa shape index (κ1) is 27.5. The van der Waals surface area contributed by atoms with E-state index in [1.54, 1.807) is 20.8 Å². The fourth-order valence-corrected chi connectivity index (χ4v) is 7.94. The lowest BCUT2D eigenvalue weighted by Crippen LogP contribution is -2.82. The minimum atomic E-state index is -2.21. The minimum Gasteiger partial charge on any atom is -0.462 e. The van der Waals surface area contributed by atoms with Crippen molar-refractivity contribution in [3.05, 3.63) is 11.6 Å². The van der Waals surface area contributed by atoms with E-state index < -0.39 is 81.8 Å². The van der Waals surface area contributed by atoms with Crippen molar-refractivity contribution in [3.8, 4) is 0 Å². The van der Waals surface area contributed by atoms with Crippen molar-refractivity contribution < 1.29 is 53.4 Å². The van der Waals surface area contributed by atoms with Crippen LogP contribution < -0.4 is 0 Å². The van der Waals surface area contributed by atoms with E-state index in [2.05, 4.69) is 0 Å². The zero-order chi connectivity index (χ0) is 27.9. The summed E-state index contributed by atoms with van der Waals surface area (Å²) in [4.78, 5) is 49.2. The molecule has 4 rings (SSSR count). The molecule has 11 heteroatoms. The van der Waals surface area contributed by atoms with Crippen molar-refractivity contribution in [2.24, 2.45) is 22.7 Å². The van der Waals surface area contributed by atoms with Gasteiger partial charge in [0, 0.05) is 50.2 Å². The molecular weight excluding hydrogens is 488 g/mol. The lowest BCUT2D eigenvalue weighted by atomic mass is 9.38. The van der Waals surface area contributed by atoms with Crippen LogP contribution in [0.4, 0.5) is 0 Å². The van der Waals surface area contributed by atoms with Crippen LogP contribution in [0.3, 0.4) is 0 Å². The van der Waals surface area contributed by atoms with E-state index in [4.69, 9.17) is 18.9 Å². The van der Waals surface area contributed by atoms with E-state index in [9.17, 15) is 34.5 Å². The van der Waals surface area contributed by atoms with Gasteiger partial charge in [0.05, 0.1) is 5.60 Å². The number of esters is 4. The molecule has 3 unspecified atom stereocenters. The van der Waals surface area contributed by atoms with Crippen LogP contribution in [0, 0.1) is 22.7 Å². The summed E-state index contributed by atoms with van der Waals surface area (Å²) in [5.74, 6) is -7.22. The van der Waals surface area contributed by atoms with Gasteiger partial charge in [-0.3, -0.25) is 14.4 Å². The molecule has 0 amide bonds. The fourth-order valence-electron chi connectivity index (χ4n) is 7.94. The predicted molar refractivity (Wildman–Crippen MR) is 124 cm³/mol. The average molecular weight is 525 g/mol.